The van der Waals surface area contributed by atoms with Crippen molar-refractivity contribution in [1.29, 1.82) is 0 Å². The number of nitrogens with two attached hydrogens (primary N) is 1. The molecule has 0 radical (unpaired) electrons. The van der Waals surface area contributed by atoms with Gasteiger partial charge in [0.1, 0.15) is 5.75 Å². The van der Waals surface area contributed by atoms with E-state index >= 15 is 0 Å². The molecule has 20 heavy (non-hydrogen) atoms. The normalized spacial score (nSPS) is 12.2. The topological polar surface area (TPSA) is 52.3 Å². The molecule has 0 bridgehead atoms. The zero-order chi connectivity index (χ0) is 14.7. The summed E-state index contributed by atoms with van der Waals surface area (Å²) in [6.45, 7) is 4.02. The molecule has 0 fully saturated rings. The molecule has 0 spiro atoms. The number of hydrogen-bond donors (Lipinski definition) is 1. The van der Waals surface area contributed by atoms with Crippen molar-refractivity contribution in [2.75, 3.05) is 12.8 Å². The van der Waals surface area contributed by atoms with Gasteiger partial charge in [0.25, 0.3) is 0 Å². The lowest BCUT2D eigenvalue weighted by Gasteiger charge is -2.09. The minimum absolute atomic E-state index is 0.456. The fraction of sp³-hybridized carbons (Fsp3) is 0.250. The molecule has 0 aromatic heterocycles. The van der Waals surface area contributed by atoms with Crippen molar-refractivity contribution in [3.63, 3.8) is 0 Å². The highest BCUT2D eigenvalue weighted by atomic mass is 32.2. The van der Waals surface area contributed by atoms with Crippen molar-refractivity contribution in [2.45, 2.75) is 24.5 Å². The Kier molecular flexibility index (Phi) is 4.45. The predicted octanol–water partition coefficient (Wildman–Crippen LogP) is 3.20. The molecule has 2 aromatic carbocycles. The molecule has 3 nitrogen and oxygen atoms in total. The minimum Gasteiger partial charge on any atom is -0.495 e. The lowest BCUT2D eigenvalue weighted by molar-refractivity contribution is 0.417. The molecule has 0 aliphatic carbocycles. The van der Waals surface area contributed by atoms with E-state index in [-0.39, 0.29) is 0 Å². The average Bonchev–Trinajstić information content (AvgIpc) is 2.38. The number of nitrogen functional groups attached to an aromatic ring is 1. The first-order chi connectivity index (χ1) is 9.51. The SMILES string of the molecule is COc1ccc(CS(=O)c2ccc(C)cc2C)cc1N. The number of hydrogen-bond acceptors (Lipinski definition) is 3. The van der Waals surface area contributed by atoms with Crippen LogP contribution < -0.4 is 10.5 Å². The number of ether oxygens (including phenoxy) is 1. The van der Waals surface area contributed by atoms with Gasteiger partial charge < -0.3 is 10.5 Å². The highest BCUT2D eigenvalue weighted by Gasteiger charge is 2.09. The Morgan fingerprint density at radius 2 is 1.90 bits per heavy atom. The third kappa shape index (κ3) is 3.20. The molecule has 4 heteroatoms. The van der Waals surface area contributed by atoms with Gasteiger partial charge in [0, 0.05) is 4.90 Å². The maximum Gasteiger partial charge on any atom is 0.141 e. The minimum atomic E-state index is -1.07. The van der Waals surface area contributed by atoms with Crippen LogP contribution in [-0.2, 0) is 16.6 Å². The summed E-state index contributed by atoms with van der Waals surface area (Å²) < 4.78 is 17.6. The fourth-order valence-corrected chi connectivity index (χ4v) is 3.43. The smallest absolute Gasteiger partial charge is 0.141 e. The summed E-state index contributed by atoms with van der Waals surface area (Å²) in [4.78, 5) is 0.880. The van der Waals surface area contributed by atoms with E-state index in [0.29, 0.717) is 17.2 Å². The summed E-state index contributed by atoms with van der Waals surface area (Å²) in [6, 6.07) is 11.5. The maximum absolute atomic E-state index is 12.5. The van der Waals surface area contributed by atoms with Crippen LogP contribution in [0.2, 0.25) is 0 Å². The van der Waals surface area contributed by atoms with Gasteiger partial charge in [-0.15, -0.1) is 0 Å². The van der Waals surface area contributed by atoms with Crippen molar-refractivity contribution >= 4 is 16.5 Å². The summed E-state index contributed by atoms with van der Waals surface area (Å²) in [5, 5.41) is 0. The fourth-order valence-electron chi connectivity index (χ4n) is 2.16. The number of rotatable bonds is 4. The molecule has 0 aliphatic heterocycles. The summed E-state index contributed by atoms with van der Waals surface area (Å²) >= 11 is 0. The van der Waals surface area contributed by atoms with E-state index in [1.807, 2.05) is 44.2 Å². The van der Waals surface area contributed by atoms with Gasteiger partial charge in [-0.2, -0.15) is 0 Å². The molecular weight excluding hydrogens is 270 g/mol. The van der Waals surface area contributed by atoms with Crippen LogP contribution >= 0.6 is 0 Å². The monoisotopic (exact) mass is 289 g/mol. The zero-order valence-electron chi connectivity index (χ0n) is 12.0. The highest BCUT2D eigenvalue weighted by Crippen LogP contribution is 2.24. The number of aryl methyl sites for hydroxylation is 2. The van der Waals surface area contributed by atoms with Gasteiger partial charge >= 0.3 is 0 Å². The van der Waals surface area contributed by atoms with Gasteiger partial charge in [-0.1, -0.05) is 23.8 Å². The first-order valence-electron chi connectivity index (χ1n) is 6.39. The van der Waals surface area contributed by atoms with Gasteiger partial charge in [-0.05, 0) is 43.2 Å². The van der Waals surface area contributed by atoms with Crippen LogP contribution in [0, 0.1) is 13.8 Å². The number of methoxy groups -OCH3 is 1. The lowest BCUT2D eigenvalue weighted by atomic mass is 10.2. The van der Waals surface area contributed by atoms with Gasteiger partial charge in [-0.3, -0.25) is 4.21 Å². The van der Waals surface area contributed by atoms with Crippen LogP contribution in [0.3, 0.4) is 0 Å². The van der Waals surface area contributed by atoms with Crippen molar-refractivity contribution in [2.24, 2.45) is 0 Å². The summed E-state index contributed by atoms with van der Waals surface area (Å²) in [5.41, 5.74) is 9.63. The predicted molar refractivity (Wildman–Crippen MR) is 83.4 cm³/mol. The Balaban J connectivity index is 2.21. The first-order valence-corrected chi connectivity index (χ1v) is 7.71. The molecule has 106 valence electrons. The van der Waals surface area contributed by atoms with E-state index in [1.54, 1.807) is 7.11 Å². The number of anilines is 1. The first kappa shape index (κ1) is 14.6. The van der Waals surface area contributed by atoms with E-state index in [0.717, 1.165) is 16.0 Å². The van der Waals surface area contributed by atoms with Crippen molar-refractivity contribution in [3.8, 4) is 5.75 Å². The Hall–Kier alpha value is -1.81. The van der Waals surface area contributed by atoms with E-state index < -0.39 is 10.8 Å². The largest absolute Gasteiger partial charge is 0.495 e. The Labute approximate surface area is 122 Å². The van der Waals surface area contributed by atoms with Gasteiger partial charge in [0.2, 0.25) is 0 Å². The van der Waals surface area contributed by atoms with Gasteiger partial charge in [0.15, 0.2) is 0 Å². The van der Waals surface area contributed by atoms with Crippen LogP contribution in [-0.4, -0.2) is 11.3 Å². The molecule has 0 heterocycles. The van der Waals surface area contributed by atoms with E-state index in [4.69, 9.17) is 10.5 Å². The molecule has 0 saturated heterocycles. The molecule has 0 amide bonds. The Morgan fingerprint density at radius 1 is 1.15 bits per heavy atom. The van der Waals surface area contributed by atoms with Crippen LogP contribution in [0.5, 0.6) is 5.75 Å². The van der Waals surface area contributed by atoms with Crippen LogP contribution in [0.1, 0.15) is 16.7 Å². The number of benzene rings is 2. The van der Waals surface area contributed by atoms with Crippen molar-refractivity contribution in [1.82, 2.24) is 0 Å². The van der Waals surface area contributed by atoms with E-state index in [2.05, 4.69) is 6.07 Å². The maximum atomic E-state index is 12.5. The quantitative estimate of drug-likeness (QED) is 0.879. The summed E-state index contributed by atoms with van der Waals surface area (Å²) in [6.07, 6.45) is 0. The van der Waals surface area contributed by atoms with Crippen LogP contribution in [0.4, 0.5) is 5.69 Å². The van der Waals surface area contributed by atoms with Crippen LogP contribution in [0.25, 0.3) is 0 Å². The Bertz CT molecular complexity index is 653. The molecule has 1 unspecified atom stereocenters. The third-order valence-electron chi connectivity index (χ3n) is 3.17. The van der Waals surface area contributed by atoms with Gasteiger partial charge in [-0.25, -0.2) is 0 Å². The molecule has 2 N–H and O–H groups in total. The molecule has 1 atom stereocenters. The second-order valence-electron chi connectivity index (χ2n) is 4.84. The van der Waals surface area contributed by atoms with Crippen molar-refractivity contribution in [3.05, 3.63) is 53.1 Å². The second-order valence-corrected chi connectivity index (χ2v) is 6.25. The third-order valence-corrected chi connectivity index (χ3v) is 4.71. The van der Waals surface area contributed by atoms with Crippen molar-refractivity contribution < 1.29 is 8.95 Å². The zero-order valence-corrected chi connectivity index (χ0v) is 12.8. The average molecular weight is 289 g/mol. The summed E-state index contributed by atoms with van der Waals surface area (Å²) in [7, 11) is 0.515. The highest BCUT2D eigenvalue weighted by molar-refractivity contribution is 7.84. The molecule has 0 aliphatic rings. The molecule has 0 saturated carbocycles. The van der Waals surface area contributed by atoms with Gasteiger partial charge in [0.05, 0.1) is 29.3 Å². The standard InChI is InChI=1S/C16H19NO2S/c1-11-4-7-16(12(2)8-11)20(18)10-13-5-6-15(19-3)14(17)9-13/h4-9H,10,17H2,1-3H3. The molecule has 2 aromatic rings. The van der Waals surface area contributed by atoms with E-state index in [1.165, 1.54) is 5.56 Å². The van der Waals surface area contributed by atoms with E-state index in [9.17, 15) is 4.21 Å². The second kappa shape index (κ2) is 6.09. The lowest BCUT2D eigenvalue weighted by Crippen LogP contribution is -2.01. The molecule has 2 rings (SSSR count). The molecular formula is C16H19NO2S. The summed E-state index contributed by atoms with van der Waals surface area (Å²) in [5.74, 6) is 1.10. The van der Waals surface area contributed by atoms with Crippen LogP contribution in [0.15, 0.2) is 41.3 Å². The Morgan fingerprint density at radius 3 is 2.50 bits per heavy atom.